The molecule has 5 rings (SSSR count). The van der Waals surface area contributed by atoms with E-state index in [0.29, 0.717) is 12.2 Å². The third-order valence-electron chi connectivity index (χ3n) is 5.18. The standard InChI is InChI=1S/C26H20N4O/c1-17-7-9-21(28-17)13-25-26(31-16-18-5-3-2-4-6-18)14-24(30-25)23-12-20-11-19(15-27)8-10-22(20)29-23/h2-14,29-30H,16H2,1H3. The molecule has 0 fully saturated rings. The van der Waals surface area contributed by atoms with Crippen molar-refractivity contribution in [3.8, 4) is 23.2 Å². The SMILES string of the molecule is CC1=NC(=Cc2[nH]c(-c3cc4cc(C#N)ccc4[nH]3)cc2OCc2ccccc2)C=C1. The predicted molar refractivity (Wildman–Crippen MR) is 124 cm³/mol. The minimum absolute atomic E-state index is 0.477. The second-order valence-corrected chi connectivity index (χ2v) is 7.49. The average molecular weight is 404 g/mol. The molecule has 2 aromatic carbocycles. The number of nitrogens with zero attached hydrogens (tertiary/aromatic N) is 2. The van der Waals surface area contributed by atoms with Gasteiger partial charge in [-0.15, -0.1) is 0 Å². The van der Waals surface area contributed by atoms with Gasteiger partial charge in [-0.2, -0.15) is 5.26 Å². The van der Waals surface area contributed by atoms with E-state index in [9.17, 15) is 0 Å². The number of fused-ring (bicyclic) bond motifs is 1. The van der Waals surface area contributed by atoms with Crippen LogP contribution < -0.4 is 4.74 Å². The Kier molecular flexibility index (Phi) is 4.74. The summed E-state index contributed by atoms with van der Waals surface area (Å²) in [7, 11) is 0. The maximum atomic E-state index is 9.16. The average Bonchev–Trinajstić information content (AvgIpc) is 3.51. The molecule has 1 aliphatic rings. The number of allylic oxidation sites excluding steroid dienone is 2. The maximum absolute atomic E-state index is 9.16. The van der Waals surface area contributed by atoms with Gasteiger partial charge in [0, 0.05) is 22.7 Å². The van der Waals surface area contributed by atoms with Crippen molar-refractivity contribution in [3.63, 3.8) is 0 Å². The van der Waals surface area contributed by atoms with E-state index in [1.54, 1.807) is 0 Å². The number of nitrogens with one attached hydrogen (secondary N) is 2. The van der Waals surface area contributed by atoms with Crippen molar-refractivity contribution in [1.82, 2.24) is 9.97 Å². The van der Waals surface area contributed by atoms with Gasteiger partial charge in [-0.1, -0.05) is 30.3 Å². The third-order valence-corrected chi connectivity index (χ3v) is 5.18. The smallest absolute Gasteiger partial charge is 0.145 e. The van der Waals surface area contributed by atoms with Crippen molar-refractivity contribution in [2.75, 3.05) is 0 Å². The largest absolute Gasteiger partial charge is 0.487 e. The highest BCUT2D eigenvalue weighted by molar-refractivity contribution is 5.97. The van der Waals surface area contributed by atoms with Crippen LogP contribution in [0.4, 0.5) is 0 Å². The number of H-pyrrole nitrogens is 2. The molecule has 5 nitrogen and oxygen atoms in total. The van der Waals surface area contributed by atoms with Gasteiger partial charge in [0.2, 0.25) is 0 Å². The van der Waals surface area contributed by atoms with Crippen molar-refractivity contribution >= 4 is 22.7 Å². The number of aromatic amines is 2. The summed E-state index contributed by atoms with van der Waals surface area (Å²) in [5.74, 6) is 0.760. The molecule has 0 unspecified atom stereocenters. The Morgan fingerprint density at radius 1 is 1.00 bits per heavy atom. The van der Waals surface area contributed by atoms with Gasteiger partial charge in [-0.05, 0) is 55.0 Å². The molecule has 3 heterocycles. The van der Waals surface area contributed by atoms with Crippen LogP contribution >= 0.6 is 0 Å². The summed E-state index contributed by atoms with van der Waals surface area (Å²) < 4.78 is 6.17. The molecule has 5 heteroatoms. The van der Waals surface area contributed by atoms with E-state index in [-0.39, 0.29) is 0 Å². The molecule has 2 aromatic heterocycles. The number of hydrogen-bond donors (Lipinski definition) is 2. The van der Waals surface area contributed by atoms with Crippen LogP contribution in [0.1, 0.15) is 23.7 Å². The van der Waals surface area contributed by atoms with Gasteiger partial charge in [-0.25, -0.2) is 0 Å². The van der Waals surface area contributed by atoms with E-state index < -0.39 is 0 Å². The fraction of sp³-hybridized carbons (Fsp3) is 0.0769. The van der Waals surface area contributed by atoms with Gasteiger partial charge >= 0.3 is 0 Å². The van der Waals surface area contributed by atoms with Gasteiger partial charge < -0.3 is 14.7 Å². The number of aliphatic imine (C=N–C) groups is 1. The summed E-state index contributed by atoms with van der Waals surface area (Å²) in [5, 5.41) is 10.2. The number of benzene rings is 2. The Balaban J connectivity index is 1.52. The first-order valence-corrected chi connectivity index (χ1v) is 10.1. The molecule has 0 saturated heterocycles. The maximum Gasteiger partial charge on any atom is 0.145 e. The first kappa shape index (κ1) is 18.7. The third kappa shape index (κ3) is 3.92. The van der Waals surface area contributed by atoms with E-state index in [1.807, 2.05) is 85.8 Å². The summed E-state index contributed by atoms with van der Waals surface area (Å²) in [6, 6.07) is 21.9. The Morgan fingerprint density at radius 3 is 2.61 bits per heavy atom. The van der Waals surface area contributed by atoms with Crippen LogP contribution in [-0.2, 0) is 6.61 Å². The van der Waals surface area contributed by atoms with Gasteiger partial charge in [0.1, 0.15) is 12.4 Å². The van der Waals surface area contributed by atoms with Gasteiger partial charge in [0.05, 0.1) is 34.4 Å². The second kappa shape index (κ2) is 7.85. The molecule has 0 amide bonds. The Hall–Kier alpha value is -4.30. The van der Waals surface area contributed by atoms with E-state index in [1.165, 1.54) is 0 Å². The molecule has 0 spiro atoms. The zero-order chi connectivity index (χ0) is 21.2. The lowest BCUT2D eigenvalue weighted by molar-refractivity contribution is 0.306. The number of ether oxygens (including phenoxy) is 1. The highest BCUT2D eigenvalue weighted by Crippen LogP contribution is 2.32. The van der Waals surface area contributed by atoms with Gasteiger partial charge in [0.25, 0.3) is 0 Å². The van der Waals surface area contributed by atoms with Crippen LogP contribution in [0.5, 0.6) is 5.75 Å². The van der Waals surface area contributed by atoms with E-state index in [4.69, 9.17) is 10.00 Å². The van der Waals surface area contributed by atoms with Crippen LogP contribution in [0.25, 0.3) is 28.4 Å². The molecular formula is C26H20N4O. The first-order chi connectivity index (χ1) is 15.2. The number of hydrogen-bond acceptors (Lipinski definition) is 3. The summed E-state index contributed by atoms with van der Waals surface area (Å²) >= 11 is 0. The Labute approximate surface area is 180 Å². The Bertz CT molecular complexity index is 1390. The van der Waals surface area contributed by atoms with E-state index in [2.05, 4.69) is 21.0 Å². The summed E-state index contributed by atoms with van der Waals surface area (Å²) in [4.78, 5) is 11.4. The van der Waals surface area contributed by atoms with Crippen molar-refractivity contribution in [1.29, 1.82) is 5.26 Å². The number of rotatable bonds is 5. The van der Waals surface area contributed by atoms with Crippen LogP contribution in [0.15, 0.2) is 83.5 Å². The molecule has 0 bridgehead atoms. The lowest BCUT2D eigenvalue weighted by Gasteiger charge is -2.05. The number of aromatic nitrogens is 2. The predicted octanol–water partition coefficient (Wildman–Crippen LogP) is 5.99. The Morgan fingerprint density at radius 2 is 1.84 bits per heavy atom. The van der Waals surface area contributed by atoms with Crippen LogP contribution in [0.2, 0.25) is 0 Å². The van der Waals surface area contributed by atoms with Crippen molar-refractivity contribution < 1.29 is 4.74 Å². The molecule has 0 aliphatic carbocycles. The lowest BCUT2D eigenvalue weighted by Crippen LogP contribution is -1.95. The molecule has 0 radical (unpaired) electrons. The zero-order valence-electron chi connectivity index (χ0n) is 17.0. The van der Waals surface area contributed by atoms with Crippen molar-refractivity contribution in [2.24, 2.45) is 4.99 Å². The zero-order valence-corrected chi connectivity index (χ0v) is 17.0. The summed E-state index contributed by atoms with van der Waals surface area (Å²) in [6.45, 7) is 2.45. The molecule has 1 aliphatic heterocycles. The fourth-order valence-corrected chi connectivity index (χ4v) is 3.62. The molecule has 4 aromatic rings. The highest BCUT2D eigenvalue weighted by atomic mass is 16.5. The van der Waals surface area contributed by atoms with Crippen molar-refractivity contribution in [2.45, 2.75) is 13.5 Å². The number of nitriles is 1. The molecular weight excluding hydrogens is 384 g/mol. The molecule has 31 heavy (non-hydrogen) atoms. The minimum Gasteiger partial charge on any atom is -0.487 e. The molecule has 150 valence electrons. The summed E-state index contributed by atoms with van der Waals surface area (Å²) in [6.07, 6.45) is 5.97. The minimum atomic E-state index is 0.477. The molecule has 2 N–H and O–H groups in total. The first-order valence-electron chi connectivity index (χ1n) is 10.1. The van der Waals surface area contributed by atoms with Crippen LogP contribution in [0.3, 0.4) is 0 Å². The fourth-order valence-electron chi connectivity index (χ4n) is 3.62. The van der Waals surface area contributed by atoms with Crippen LogP contribution in [-0.4, -0.2) is 15.7 Å². The normalized spacial score (nSPS) is 14.2. The van der Waals surface area contributed by atoms with Gasteiger partial charge in [-0.3, -0.25) is 4.99 Å². The van der Waals surface area contributed by atoms with E-state index in [0.717, 1.165) is 50.7 Å². The highest BCUT2D eigenvalue weighted by Gasteiger charge is 2.13. The monoisotopic (exact) mass is 404 g/mol. The van der Waals surface area contributed by atoms with Gasteiger partial charge in [0.15, 0.2) is 0 Å². The second-order valence-electron chi connectivity index (χ2n) is 7.49. The van der Waals surface area contributed by atoms with Crippen LogP contribution in [0, 0.1) is 11.3 Å². The lowest BCUT2D eigenvalue weighted by atomic mass is 10.2. The van der Waals surface area contributed by atoms with Crippen molar-refractivity contribution in [3.05, 3.63) is 95.3 Å². The van der Waals surface area contributed by atoms with E-state index >= 15 is 0 Å². The quantitative estimate of drug-likeness (QED) is 0.429. The summed E-state index contributed by atoms with van der Waals surface area (Å²) in [5.41, 5.74) is 7.29. The molecule has 0 saturated carbocycles. The topological polar surface area (TPSA) is 77.0 Å². The molecule has 0 atom stereocenters.